The lowest BCUT2D eigenvalue weighted by molar-refractivity contribution is -0.154. The van der Waals surface area contributed by atoms with E-state index < -0.39 is 35.8 Å². The summed E-state index contributed by atoms with van der Waals surface area (Å²) in [7, 11) is 0. The zero-order chi connectivity index (χ0) is 19.6. The van der Waals surface area contributed by atoms with Gasteiger partial charge in [-0.25, -0.2) is 4.98 Å². The van der Waals surface area contributed by atoms with Gasteiger partial charge in [-0.15, -0.1) is 11.8 Å². The van der Waals surface area contributed by atoms with Crippen molar-refractivity contribution in [1.29, 1.82) is 0 Å². The Labute approximate surface area is 160 Å². The fraction of sp³-hybridized carbons (Fsp3) is 0.562. The minimum absolute atomic E-state index is 0.140. The van der Waals surface area contributed by atoms with Crippen molar-refractivity contribution in [3.8, 4) is 0 Å². The van der Waals surface area contributed by atoms with Crippen molar-refractivity contribution in [2.24, 2.45) is 11.5 Å². The number of hydrogen-bond donors (Lipinski definition) is 3. The number of hydrogen-bond acceptors (Lipinski definition) is 6. The van der Waals surface area contributed by atoms with E-state index in [1.807, 2.05) is 0 Å². The summed E-state index contributed by atoms with van der Waals surface area (Å²) in [6.07, 6.45) is 4.35. The summed E-state index contributed by atoms with van der Waals surface area (Å²) >= 11 is 1.42. The second-order valence-electron chi connectivity index (χ2n) is 6.63. The fourth-order valence-corrected chi connectivity index (χ4v) is 4.73. The number of thioether (sulfide) groups is 1. The van der Waals surface area contributed by atoms with Crippen LogP contribution in [0.2, 0.25) is 0 Å². The van der Waals surface area contributed by atoms with Crippen molar-refractivity contribution in [3.63, 3.8) is 0 Å². The molecule has 4 amide bonds. The number of aromatic nitrogens is 2. The average molecular weight is 394 g/mol. The molecule has 5 N–H and O–H groups in total. The predicted molar refractivity (Wildman–Crippen MR) is 96.9 cm³/mol. The van der Waals surface area contributed by atoms with E-state index >= 15 is 0 Å². The maximum Gasteiger partial charge on any atom is 0.247 e. The Hall–Kier alpha value is -2.56. The SMILES string of the molecule is NC(=O)C1CCCC(=O)N1[C@@H](Cc1cnc[nH]1)C(=O)N1CSC[C@@H]1C(N)=O. The van der Waals surface area contributed by atoms with Gasteiger partial charge in [-0.2, -0.15) is 0 Å². The highest BCUT2D eigenvalue weighted by atomic mass is 32.2. The van der Waals surface area contributed by atoms with Gasteiger partial charge in [-0.3, -0.25) is 19.2 Å². The standard InChI is InChI=1S/C16H22N6O4S/c17-14(24)10-2-1-3-13(23)22(10)11(4-9-5-19-7-20-9)16(26)21-8-27-6-12(21)15(18)25/h5,7,10-12H,1-4,6,8H2,(H2,17,24)(H2,18,25)(H,19,20)/t10?,11-,12+/m0/s1. The van der Waals surface area contributed by atoms with Crippen molar-refractivity contribution < 1.29 is 19.2 Å². The van der Waals surface area contributed by atoms with E-state index in [0.717, 1.165) is 0 Å². The molecule has 2 aliphatic heterocycles. The molecule has 2 saturated heterocycles. The molecule has 2 aliphatic rings. The number of carbonyl (C=O) groups excluding carboxylic acids is 4. The monoisotopic (exact) mass is 394 g/mol. The maximum absolute atomic E-state index is 13.3. The van der Waals surface area contributed by atoms with Gasteiger partial charge in [0, 0.05) is 30.5 Å². The van der Waals surface area contributed by atoms with Crippen LogP contribution in [0.15, 0.2) is 12.5 Å². The first kappa shape index (κ1) is 19.2. The summed E-state index contributed by atoms with van der Waals surface area (Å²) in [6, 6.07) is -2.56. The van der Waals surface area contributed by atoms with Gasteiger partial charge in [0.2, 0.25) is 23.6 Å². The number of likely N-dealkylation sites (tertiary alicyclic amines) is 1. The first-order valence-corrected chi connectivity index (χ1v) is 9.81. The molecule has 0 saturated carbocycles. The second kappa shape index (κ2) is 7.99. The second-order valence-corrected chi connectivity index (χ2v) is 7.63. The van der Waals surface area contributed by atoms with Crippen LogP contribution in [0, 0.1) is 0 Å². The molecule has 0 spiro atoms. The van der Waals surface area contributed by atoms with Crippen molar-refractivity contribution in [2.45, 2.75) is 43.8 Å². The summed E-state index contributed by atoms with van der Waals surface area (Å²) < 4.78 is 0. The minimum atomic E-state index is -0.962. The Morgan fingerprint density at radius 2 is 2.04 bits per heavy atom. The normalized spacial score (nSPS) is 24.1. The lowest BCUT2D eigenvalue weighted by Gasteiger charge is -2.40. The Balaban J connectivity index is 1.94. The van der Waals surface area contributed by atoms with Gasteiger partial charge in [0.25, 0.3) is 0 Å². The molecular weight excluding hydrogens is 372 g/mol. The Kier molecular flexibility index (Phi) is 5.68. The van der Waals surface area contributed by atoms with E-state index in [2.05, 4.69) is 9.97 Å². The number of rotatable bonds is 6. The number of H-pyrrole nitrogens is 1. The third-order valence-electron chi connectivity index (χ3n) is 4.90. The molecule has 11 heteroatoms. The number of nitrogens with zero attached hydrogens (tertiary/aromatic N) is 3. The molecule has 1 aromatic rings. The van der Waals surface area contributed by atoms with Gasteiger partial charge in [-0.1, -0.05) is 0 Å². The first-order valence-electron chi connectivity index (χ1n) is 8.65. The fourth-order valence-electron chi connectivity index (χ4n) is 3.56. The van der Waals surface area contributed by atoms with Crippen LogP contribution < -0.4 is 11.5 Å². The number of imidazole rings is 1. The largest absolute Gasteiger partial charge is 0.368 e. The van der Waals surface area contributed by atoms with Gasteiger partial charge in [0.1, 0.15) is 18.1 Å². The highest BCUT2D eigenvalue weighted by molar-refractivity contribution is 7.99. The van der Waals surface area contributed by atoms with E-state index in [4.69, 9.17) is 11.5 Å². The zero-order valence-electron chi connectivity index (χ0n) is 14.7. The average Bonchev–Trinajstić information content (AvgIpc) is 3.30. The number of piperidine rings is 1. The van der Waals surface area contributed by atoms with Crippen LogP contribution in [0.4, 0.5) is 0 Å². The van der Waals surface area contributed by atoms with Crippen LogP contribution in [0.5, 0.6) is 0 Å². The van der Waals surface area contributed by atoms with E-state index in [9.17, 15) is 19.2 Å². The molecule has 1 unspecified atom stereocenters. The Morgan fingerprint density at radius 1 is 1.30 bits per heavy atom. The molecule has 146 valence electrons. The summed E-state index contributed by atoms with van der Waals surface area (Å²) in [5.41, 5.74) is 11.6. The van der Waals surface area contributed by atoms with Crippen LogP contribution in [0.25, 0.3) is 0 Å². The number of nitrogens with one attached hydrogen (secondary N) is 1. The molecule has 2 fully saturated rings. The summed E-state index contributed by atoms with van der Waals surface area (Å²) in [5.74, 6) is -1.25. The Morgan fingerprint density at radius 3 is 2.67 bits per heavy atom. The van der Waals surface area contributed by atoms with Crippen LogP contribution in [0.1, 0.15) is 25.0 Å². The summed E-state index contributed by atoms with van der Waals surface area (Å²) in [4.78, 5) is 59.1. The highest BCUT2D eigenvalue weighted by Gasteiger charge is 2.44. The molecular formula is C16H22N6O4S. The Bertz CT molecular complexity index is 739. The maximum atomic E-state index is 13.3. The molecule has 1 aromatic heterocycles. The lowest BCUT2D eigenvalue weighted by Crippen LogP contribution is -2.61. The number of nitrogens with two attached hydrogens (primary N) is 2. The summed E-state index contributed by atoms with van der Waals surface area (Å²) in [5, 5.41) is 0. The van der Waals surface area contributed by atoms with Gasteiger partial charge >= 0.3 is 0 Å². The van der Waals surface area contributed by atoms with E-state index in [-0.39, 0.29) is 18.7 Å². The molecule has 0 radical (unpaired) electrons. The van der Waals surface area contributed by atoms with E-state index in [1.54, 1.807) is 6.20 Å². The van der Waals surface area contributed by atoms with E-state index in [1.165, 1.54) is 27.9 Å². The van der Waals surface area contributed by atoms with Crippen molar-refractivity contribution in [1.82, 2.24) is 19.8 Å². The van der Waals surface area contributed by atoms with Crippen molar-refractivity contribution in [2.75, 3.05) is 11.6 Å². The predicted octanol–water partition coefficient (Wildman–Crippen LogP) is -1.43. The summed E-state index contributed by atoms with van der Waals surface area (Å²) in [6.45, 7) is 0. The molecule has 27 heavy (non-hydrogen) atoms. The van der Waals surface area contributed by atoms with Gasteiger partial charge in [0.05, 0.1) is 12.2 Å². The molecule has 3 rings (SSSR count). The number of aromatic amines is 1. The van der Waals surface area contributed by atoms with Crippen LogP contribution in [-0.4, -0.2) is 73.2 Å². The third kappa shape index (κ3) is 3.92. The van der Waals surface area contributed by atoms with Gasteiger partial charge < -0.3 is 26.3 Å². The number of carbonyl (C=O) groups is 4. The first-order chi connectivity index (χ1) is 12.9. The molecule has 0 aromatic carbocycles. The van der Waals surface area contributed by atoms with Crippen molar-refractivity contribution in [3.05, 3.63) is 18.2 Å². The van der Waals surface area contributed by atoms with E-state index in [0.29, 0.717) is 30.2 Å². The molecule has 3 heterocycles. The number of amides is 4. The smallest absolute Gasteiger partial charge is 0.247 e. The van der Waals surface area contributed by atoms with Crippen LogP contribution >= 0.6 is 11.8 Å². The molecule has 0 aliphatic carbocycles. The van der Waals surface area contributed by atoms with Gasteiger partial charge in [0.15, 0.2) is 0 Å². The third-order valence-corrected chi connectivity index (χ3v) is 5.92. The molecule has 3 atom stereocenters. The quantitative estimate of drug-likeness (QED) is 0.537. The minimum Gasteiger partial charge on any atom is -0.368 e. The van der Waals surface area contributed by atoms with Crippen molar-refractivity contribution >= 4 is 35.4 Å². The lowest BCUT2D eigenvalue weighted by atomic mass is 9.96. The van der Waals surface area contributed by atoms with Gasteiger partial charge in [-0.05, 0) is 12.8 Å². The number of primary amides is 2. The zero-order valence-corrected chi connectivity index (χ0v) is 15.5. The highest BCUT2D eigenvalue weighted by Crippen LogP contribution is 2.27. The topological polar surface area (TPSA) is 155 Å². The van der Waals surface area contributed by atoms with Crippen LogP contribution in [-0.2, 0) is 25.6 Å². The molecule has 0 bridgehead atoms. The molecule has 10 nitrogen and oxygen atoms in total. The van der Waals surface area contributed by atoms with Crippen LogP contribution in [0.3, 0.4) is 0 Å².